The quantitative estimate of drug-likeness (QED) is 0.429. The van der Waals surface area contributed by atoms with Gasteiger partial charge in [0.25, 0.3) is 0 Å². The first-order chi connectivity index (χ1) is 19.4. The van der Waals surface area contributed by atoms with E-state index in [9.17, 15) is 14.4 Å². The lowest BCUT2D eigenvalue weighted by Gasteiger charge is -2.43. The molecule has 2 saturated heterocycles. The third-order valence-electron chi connectivity index (χ3n) is 7.73. The summed E-state index contributed by atoms with van der Waals surface area (Å²) in [6.45, 7) is 3.06. The first kappa shape index (κ1) is 29.0. The number of nitrogens with zero attached hydrogens (tertiary/aromatic N) is 2. The van der Waals surface area contributed by atoms with E-state index in [1.54, 1.807) is 31.1 Å². The molecule has 2 atom stereocenters. The standard InChI is InChI=1S/C30H38N2O8/c1-6-40-30(35)20-13-15-31(16-14-20)29(34)23-11-12-26(33)32(27(23)19-7-9-22(36-2)10-8-19)21-17-24(37-3)28(39-5)25(18-21)38-4/h7-10,17-18,20,23,27H,6,11-16H2,1-5H3. The van der Waals surface area contributed by atoms with Crippen LogP contribution in [0.4, 0.5) is 5.69 Å². The van der Waals surface area contributed by atoms with E-state index in [0.717, 1.165) is 5.56 Å². The van der Waals surface area contributed by atoms with Gasteiger partial charge in [-0.15, -0.1) is 0 Å². The molecule has 2 aromatic carbocycles. The Labute approximate surface area is 235 Å². The van der Waals surface area contributed by atoms with Gasteiger partial charge in [0.05, 0.1) is 58.6 Å². The molecular formula is C30H38N2O8. The monoisotopic (exact) mass is 554 g/mol. The highest BCUT2D eigenvalue weighted by molar-refractivity contribution is 5.98. The lowest BCUT2D eigenvalue weighted by Crippen LogP contribution is -2.51. The zero-order valence-electron chi connectivity index (χ0n) is 23.8. The highest BCUT2D eigenvalue weighted by Gasteiger charge is 2.44. The Kier molecular flexibility index (Phi) is 9.39. The number of likely N-dealkylation sites (tertiary alicyclic amines) is 1. The number of carbonyl (C=O) groups is 3. The molecule has 2 amide bonds. The molecule has 0 N–H and O–H groups in total. The van der Waals surface area contributed by atoms with Crippen LogP contribution in [0.1, 0.15) is 44.2 Å². The van der Waals surface area contributed by atoms with E-state index in [1.165, 1.54) is 21.3 Å². The molecule has 2 unspecified atom stereocenters. The van der Waals surface area contributed by atoms with Crippen LogP contribution in [-0.2, 0) is 19.1 Å². The highest BCUT2D eigenvalue weighted by Crippen LogP contribution is 2.47. The maximum Gasteiger partial charge on any atom is 0.309 e. The normalized spacial score (nSPS) is 19.7. The third kappa shape index (κ3) is 5.80. The van der Waals surface area contributed by atoms with Gasteiger partial charge in [-0.05, 0) is 43.9 Å². The Morgan fingerprint density at radius 2 is 1.50 bits per heavy atom. The molecule has 40 heavy (non-hydrogen) atoms. The van der Waals surface area contributed by atoms with E-state index in [2.05, 4.69) is 0 Å². The molecule has 4 rings (SSSR count). The molecule has 2 aliphatic rings. The molecule has 2 aliphatic heterocycles. The predicted molar refractivity (Wildman–Crippen MR) is 148 cm³/mol. The second-order valence-electron chi connectivity index (χ2n) is 9.86. The van der Waals surface area contributed by atoms with Gasteiger partial charge >= 0.3 is 5.97 Å². The summed E-state index contributed by atoms with van der Waals surface area (Å²) in [6.07, 6.45) is 1.73. The number of carbonyl (C=O) groups excluding carboxylic acids is 3. The van der Waals surface area contributed by atoms with E-state index in [0.29, 0.717) is 67.6 Å². The molecule has 10 nitrogen and oxygen atoms in total. The first-order valence-corrected chi connectivity index (χ1v) is 13.6. The van der Waals surface area contributed by atoms with Crippen molar-refractivity contribution in [2.45, 2.75) is 38.6 Å². The third-order valence-corrected chi connectivity index (χ3v) is 7.73. The molecule has 0 saturated carbocycles. The Morgan fingerprint density at radius 3 is 2.02 bits per heavy atom. The van der Waals surface area contributed by atoms with Gasteiger partial charge in [0.2, 0.25) is 17.6 Å². The summed E-state index contributed by atoms with van der Waals surface area (Å²) in [7, 11) is 6.15. The van der Waals surface area contributed by atoms with Crippen molar-refractivity contribution in [2.24, 2.45) is 11.8 Å². The number of ether oxygens (including phenoxy) is 5. The van der Waals surface area contributed by atoms with Crippen LogP contribution in [-0.4, -0.2) is 70.8 Å². The van der Waals surface area contributed by atoms with Crippen molar-refractivity contribution >= 4 is 23.5 Å². The second-order valence-corrected chi connectivity index (χ2v) is 9.86. The molecule has 10 heteroatoms. The maximum absolute atomic E-state index is 14.1. The van der Waals surface area contributed by atoms with Crippen molar-refractivity contribution in [3.05, 3.63) is 42.0 Å². The van der Waals surface area contributed by atoms with Crippen molar-refractivity contribution in [1.82, 2.24) is 4.90 Å². The van der Waals surface area contributed by atoms with E-state index in [-0.39, 0.29) is 30.1 Å². The topological polar surface area (TPSA) is 104 Å². The molecular weight excluding hydrogens is 516 g/mol. The number of hydrogen-bond acceptors (Lipinski definition) is 8. The zero-order chi connectivity index (χ0) is 28.8. The number of hydrogen-bond donors (Lipinski definition) is 0. The molecule has 0 spiro atoms. The molecule has 0 radical (unpaired) electrons. The number of anilines is 1. The molecule has 2 aromatic rings. The molecule has 2 fully saturated rings. The average Bonchev–Trinajstić information content (AvgIpc) is 3.00. The van der Waals surface area contributed by atoms with Gasteiger partial charge in [0.1, 0.15) is 5.75 Å². The fourth-order valence-corrected chi connectivity index (χ4v) is 5.67. The minimum Gasteiger partial charge on any atom is -0.497 e. The minimum absolute atomic E-state index is 0.0342. The summed E-state index contributed by atoms with van der Waals surface area (Å²) in [5.41, 5.74) is 1.35. The second kappa shape index (κ2) is 12.9. The van der Waals surface area contributed by atoms with Gasteiger partial charge in [0.15, 0.2) is 11.5 Å². The first-order valence-electron chi connectivity index (χ1n) is 13.6. The van der Waals surface area contributed by atoms with Crippen LogP contribution in [0.25, 0.3) is 0 Å². The Bertz CT molecular complexity index is 1180. The summed E-state index contributed by atoms with van der Waals surface area (Å²) >= 11 is 0. The van der Waals surface area contributed by atoms with Crippen molar-refractivity contribution < 1.29 is 38.1 Å². The van der Waals surface area contributed by atoms with Gasteiger partial charge in [-0.2, -0.15) is 0 Å². The molecule has 216 valence electrons. The van der Waals surface area contributed by atoms with Crippen molar-refractivity contribution in [1.29, 1.82) is 0 Å². The number of esters is 1. The van der Waals surface area contributed by atoms with Gasteiger partial charge in [-0.1, -0.05) is 12.1 Å². The lowest BCUT2D eigenvalue weighted by atomic mass is 9.82. The number of amides is 2. The summed E-state index contributed by atoms with van der Waals surface area (Å²) in [5, 5.41) is 0. The van der Waals surface area contributed by atoms with Crippen LogP contribution in [0.15, 0.2) is 36.4 Å². The van der Waals surface area contributed by atoms with Crippen molar-refractivity contribution in [3.63, 3.8) is 0 Å². The van der Waals surface area contributed by atoms with Gasteiger partial charge < -0.3 is 33.5 Å². The highest BCUT2D eigenvalue weighted by atomic mass is 16.5. The average molecular weight is 555 g/mol. The SMILES string of the molecule is CCOC(=O)C1CCN(C(=O)C2CCC(=O)N(c3cc(OC)c(OC)c(OC)c3)C2c2ccc(OC)cc2)CC1. The lowest BCUT2D eigenvalue weighted by molar-refractivity contribution is -0.152. The van der Waals surface area contributed by atoms with E-state index in [4.69, 9.17) is 23.7 Å². The van der Waals surface area contributed by atoms with Gasteiger partial charge in [0, 0.05) is 31.6 Å². The molecule has 0 aliphatic carbocycles. The minimum atomic E-state index is -0.578. The zero-order valence-corrected chi connectivity index (χ0v) is 23.8. The van der Waals surface area contributed by atoms with Crippen molar-refractivity contribution in [3.8, 4) is 23.0 Å². The number of piperidine rings is 2. The van der Waals surface area contributed by atoms with Gasteiger partial charge in [-0.3, -0.25) is 14.4 Å². The van der Waals surface area contributed by atoms with Crippen LogP contribution in [0.5, 0.6) is 23.0 Å². The smallest absolute Gasteiger partial charge is 0.309 e. The summed E-state index contributed by atoms with van der Waals surface area (Å²) in [6, 6.07) is 10.3. The summed E-state index contributed by atoms with van der Waals surface area (Å²) in [4.78, 5) is 43.4. The largest absolute Gasteiger partial charge is 0.497 e. The van der Waals surface area contributed by atoms with E-state index >= 15 is 0 Å². The van der Waals surface area contributed by atoms with Crippen LogP contribution >= 0.6 is 0 Å². The number of benzene rings is 2. The van der Waals surface area contributed by atoms with Crippen LogP contribution in [0.3, 0.4) is 0 Å². The number of methoxy groups -OCH3 is 4. The molecule has 0 aromatic heterocycles. The summed E-state index contributed by atoms with van der Waals surface area (Å²) in [5.74, 6) is 0.857. The fraction of sp³-hybridized carbons (Fsp3) is 0.500. The summed E-state index contributed by atoms with van der Waals surface area (Å²) < 4.78 is 27.1. The maximum atomic E-state index is 14.1. The van der Waals surface area contributed by atoms with Gasteiger partial charge in [-0.25, -0.2) is 0 Å². The van der Waals surface area contributed by atoms with E-state index < -0.39 is 12.0 Å². The van der Waals surface area contributed by atoms with Crippen LogP contribution < -0.4 is 23.8 Å². The number of rotatable bonds is 9. The Balaban J connectivity index is 1.72. The predicted octanol–water partition coefficient (Wildman–Crippen LogP) is 4.01. The fourth-order valence-electron chi connectivity index (χ4n) is 5.67. The Hall–Kier alpha value is -3.95. The molecule has 0 bridgehead atoms. The van der Waals surface area contributed by atoms with Crippen LogP contribution in [0, 0.1) is 11.8 Å². The Morgan fingerprint density at radius 1 is 0.875 bits per heavy atom. The molecule has 2 heterocycles. The van der Waals surface area contributed by atoms with Crippen molar-refractivity contribution in [2.75, 3.05) is 53.0 Å². The van der Waals surface area contributed by atoms with Crippen LogP contribution in [0.2, 0.25) is 0 Å². The van der Waals surface area contributed by atoms with E-state index in [1.807, 2.05) is 29.2 Å².